The predicted octanol–water partition coefficient (Wildman–Crippen LogP) is 1.93. The van der Waals surface area contributed by atoms with Gasteiger partial charge >= 0.3 is 5.97 Å². The Hall–Kier alpha value is -1.39. The van der Waals surface area contributed by atoms with Gasteiger partial charge in [-0.25, -0.2) is 0 Å². The number of likely N-dealkylation sites (N-methyl/N-ethyl adjacent to an activating group) is 1. The molecule has 0 aromatic heterocycles. The highest BCUT2D eigenvalue weighted by atomic mass is 16.4. The SMILES string of the molecule is CNC(C)(CCCN1CCc2ccccc2CC1)C(=O)O. The molecule has 0 radical (unpaired) electrons. The zero-order valence-corrected chi connectivity index (χ0v) is 13.1. The zero-order valence-electron chi connectivity index (χ0n) is 13.1. The lowest BCUT2D eigenvalue weighted by molar-refractivity contribution is -0.144. The number of carboxylic acids is 1. The van der Waals surface area contributed by atoms with Gasteiger partial charge in [-0.3, -0.25) is 4.79 Å². The van der Waals surface area contributed by atoms with E-state index in [4.69, 9.17) is 0 Å². The largest absolute Gasteiger partial charge is 0.480 e. The van der Waals surface area contributed by atoms with Crippen LogP contribution >= 0.6 is 0 Å². The van der Waals surface area contributed by atoms with Crippen molar-refractivity contribution in [2.75, 3.05) is 26.7 Å². The van der Waals surface area contributed by atoms with E-state index in [0.717, 1.165) is 38.9 Å². The normalized spacial score (nSPS) is 18.6. The molecule has 0 aliphatic carbocycles. The summed E-state index contributed by atoms with van der Waals surface area (Å²) in [6, 6.07) is 8.67. The fourth-order valence-electron chi connectivity index (χ4n) is 2.93. The second-order valence-corrected chi connectivity index (χ2v) is 6.10. The van der Waals surface area contributed by atoms with E-state index in [1.165, 1.54) is 11.1 Å². The van der Waals surface area contributed by atoms with Crippen molar-refractivity contribution in [3.05, 3.63) is 35.4 Å². The molecular formula is C17H26N2O2. The number of fused-ring (bicyclic) bond motifs is 1. The lowest BCUT2D eigenvalue weighted by Crippen LogP contribution is -2.47. The highest BCUT2D eigenvalue weighted by Gasteiger charge is 2.30. The van der Waals surface area contributed by atoms with Gasteiger partial charge in [-0.15, -0.1) is 0 Å². The maximum Gasteiger partial charge on any atom is 0.323 e. The molecule has 21 heavy (non-hydrogen) atoms. The van der Waals surface area contributed by atoms with E-state index in [9.17, 15) is 9.90 Å². The maximum absolute atomic E-state index is 11.3. The summed E-state index contributed by atoms with van der Waals surface area (Å²) in [6.07, 6.45) is 3.75. The Morgan fingerprint density at radius 1 is 1.29 bits per heavy atom. The molecule has 0 saturated heterocycles. The molecule has 1 unspecified atom stereocenters. The fourth-order valence-corrected chi connectivity index (χ4v) is 2.93. The maximum atomic E-state index is 11.3. The lowest BCUT2D eigenvalue weighted by Gasteiger charge is -2.26. The number of hydrogen-bond donors (Lipinski definition) is 2. The average molecular weight is 290 g/mol. The second-order valence-electron chi connectivity index (χ2n) is 6.10. The van der Waals surface area contributed by atoms with Crippen LogP contribution in [0.4, 0.5) is 0 Å². The summed E-state index contributed by atoms with van der Waals surface area (Å²) >= 11 is 0. The molecule has 2 N–H and O–H groups in total. The second kappa shape index (κ2) is 7.05. The molecule has 0 amide bonds. The Balaban J connectivity index is 1.82. The molecule has 0 bridgehead atoms. The molecule has 4 nitrogen and oxygen atoms in total. The van der Waals surface area contributed by atoms with E-state index >= 15 is 0 Å². The molecule has 1 aromatic carbocycles. The van der Waals surface area contributed by atoms with Gasteiger partial charge in [0.15, 0.2) is 0 Å². The van der Waals surface area contributed by atoms with Crippen molar-refractivity contribution in [1.29, 1.82) is 0 Å². The topological polar surface area (TPSA) is 52.6 Å². The van der Waals surface area contributed by atoms with Gasteiger partial charge in [0.25, 0.3) is 0 Å². The van der Waals surface area contributed by atoms with Crippen molar-refractivity contribution in [2.24, 2.45) is 0 Å². The first-order valence-electron chi connectivity index (χ1n) is 7.76. The molecule has 2 rings (SSSR count). The third kappa shape index (κ3) is 4.05. The Labute approximate surface area is 127 Å². The van der Waals surface area contributed by atoms with Gasteiger partial charge in [-0.05, 0) is 57.3 Å². The summed E-state index contributed by atoms with van der Waals surface area (Å²) in [6.45, 7) is 4.87. The molecule has 116 valence electrons. The lowest BCUT2D eigenvalue weighted by atomic mass is 9.96. The zero-order chi connectivity index (χ0) is 15.3. The quantitative estimate of drug-likeness (QED) is 0.840. The van der Waals surface area contributed by atoms with Crippen molar-refractivity contribution in [1.82, 2.24) is 10.2 Å². The molecule has 1 aromatic rings. The third-order valence-corrected chi connectivity index (χ3v) is 4.69. The first-order chi connectivity index (χ1) is 10.0. The van der Waals surface area contributed by atoms with Crippen LogP contribution in [0.15, 0.2) is 24.3 Å². The van der Waals surface area contributed by atoms with Crippen LogP contribution in [0.2, 0.25) is 0 Å². The average Bonchev–Trinajstić information content (AvgIpc) is 2.69. The summed E-state index contributed by atoms with van der Waals surface area (Å²) < 4.78 is 0. The minimum Gasteiger partial charge on any atom is -0.480 e. The van der Waals surface area contributed by atoms with Crippen LogP contribution in [0.1, 0.15) is 30.9 Å². The van der Waals surface area contributed by atoms with E-state index < -0.39 is 11.5 Å². The van der Waals surface area contributed by atoms with Crippen LogP contribution in [0.25, 0.3) is 0 Å². The van der Waals surface area contributed by atoms with Gasteiger partial charge in [-0.2, -0.15) is 0 Å². The minimum atomic E-state index is -0.811. The van der Waals surface area contributed by atoms with E-state index in [1.54, 1.807) is 14.0 Å². The highest BCUT2D eigenvalue weighted by molar-refractivity contribution is 5.78. The number of nitrogens with one attached hydrogen (secondary N) is 1. The van der Waals surface area contributed by atoms with Crippen molar-refractivity contribution in [3.63, 3.8) is 0 Å². The van der Waals surface area contributed by atoms with Crippen molar-refractivity contribution >= 4 is 5.97 Å². The van der Waals surface area contributed by atoms with Crippen molar-refractivity contribution in [3.8, 4) is 0 Å². The number of rotatable bonds is 6. The Kier molecular flexibility index (Phi) is 5.37. The molecule has 1 aliphatic heterocycles. The van der Waals surface area contributed by atoms with Crippen LogP contribution in [0.5, 0.6) is 0 Å². The van der Waals surface area contributed by atoms with E-state index in [1.807, 2.05) is 0 Å². The van der Waals surface area contributed by atoms with Gasteiger partial charge < -0.3 is 15.3 Å². The number of carboxylic acid groups (broad SMARTS) is 1. The molecule has 1 heterocycles. The summed E-state index contributed by atoms with van der Waals surface area (Å²) in [5.74, 6) is -0.770. The van der Waals surface area contributed by atoms with E-state index in [2.05, 4.69) is 34.5 Å². The third-order valence-electron chi connectivity index (χ3n) is 4.69. The van der Waals surface area contributed by atoms with Gasteiger partial charge in [0.1, 0.15) is 5.54 Å². The number of nitrogens with zero attached hydrogens (tertiary/aromatic N) is 1. The summed E-state index contributed by atoms with van der Waals surface area (Å²) in [5, 5.41) is 12.2. The first-order valence-corrected chi connectivity index (χ1v) is 7.76. The fraction of sp³-hybridized carbons (Fsp3) is 0.588. The highest BCUT2D eigenvalue weighted by Crippen LogP contribution is 2.17. The van der Waals surface area contributed by atoms with E-state index in [-0.39, 0.29) is 0 Å². The molecule has 4 heteroatoms. The van der Waals surface area contributed by atoms with Crippen molar-refractivity contribution in [2.45, 2.75) is 38.1 Å². The molecule has 0 fully saturated rings. The Morgan fingerprint density at radius 3 is 2.33 bits per heavy atom. The molecule has 0 saturated carbocycles. The minimum absolute atomic E-state index is 0.655. The molecule has 1 atom stereocenters. The number of hydrogen-bond acceptors (Lipinski definition) is 3. The van der Waals surface area contributed by atoms with Gasteiger partial charge in [0.2, 0.25) is 0 Å². The monoisotopic (exact) mass is 290 g/mol. The van der Waals surface area contributed by atoms with Crippen LogP contribution in [-0.4, -0.2) is 48.2 Å². The molecular weight excluding hydrogens is 264 g/mol. The number of aliphatic carboxylic acids is 1. The summed E-state index contributed by atoms with van der Waals surface area (Å²) in [7, 11) is 1.72. The number of carbonyl (C=O) groups is 1. The van der Waals surface area contributed by atoms with E-state index in [0.29, 0.717) is 6.42 Å². The molecule has 0 spiro atoms. The first kappa shape index (κ1) is 16.0. The van der Waals surface area contributed by atoms with Crippen LogP contribution in [0, 0.1) is 0 Å². The van der Waals surface area contributed by atoms with Gasteiger partial charge in [0, 0.05) is 13.1 Å². The number of benzene rings is 1. The van der Waals surface area contributed by atoms with Crippen LogP contribution < -0.4 is 5.32 Å². The van der Waals surface area contributed by atoms with Crippen molar-refractivity contribution < 1.29 is 9.90 Å². The summed E-state index contributed by atoms with van der Waals surface area (Å²) in [4.78, 5) is 13.7. The summed E-state index contributed by atoms with van der Waals surface area (Å²) in [5.41, 5.74) is 2.12. The standard InChI is InChI=1S/C17H26N2O2/c1-17(18-2,16(20)21)10-5-11-19-12-8-14-6-3-4-7-15(14)9-13-19/h3-4,6-7,18H,5,8-13H2,1-2H3,(H,20,21). The predicted molar refractivity (Wildman–Crippen MR) is 84.6 cm³/mol. The Bertz CT molecular complexity index is 462. The molecule has 1 aliphatic rings. The smallest absolute Gasteiger partial charge is 0.323 e. The van der Waals surface area contributed by atoms with Crippen LogP contribution in [0.3, 0.4) is 0 Å². The Morgan fingerprint density at radius 2 is 1.86 bits per heavy atom. The van der Waals surface area contributed by atoms with Gasteiger partial charge in [-0.1, -0.05) is 24.3 Å². The van der Waals surface area contributed by atoms with Crippen LogP contribution in [-0.2, 0) is 17.6 Å². The van der Waals surface area contributed by atoms with Gasteiger partial charge in [0.05, 0.1) is 0 Å².